The van der Waals surface area contributed by atoms with Crippen LogP contribution in [-0.2, 0) is 44.4 Å². The van der Waals surface area contributed by atoms with Gasteiger partial charge in [-0.2, -0.15) is 0 Å². The molecule has 0 unspecified atom stereocenters. The number of carbonyl (C=O) groups is 2. The Bertz CT molecular complexity index is 3230. The summed E-state index contributed by atoms with van der Waals surface area (Å²) in [5.41, 5.74) is 8.43. The van der Waals surface area contributed by atoms with Crippen LogP contribution < -0.4 is 50.8 Å². The van der Waals surface area contributed by atoms with Crippen molar-refractivity contribution in [2.75, 3.05) is 49.4 Å². The Labute approximate surface area is 522 Å². The molecule has 0 fully saturated rings. The van der Waals surface area contributed by atoms with Gasteiger partial charge < -0.3 is 38.7 Å². The van der Waals surface area contributed by atoms with Gasteiger partial charge in [0.1, 0.15) is 23.0 Å². The fraction of sp³-hybridized carbons (Fsp3) is 0.342. The van der Waals surface area contributed by atoms with Gasteiger partial charge in [-0.15, -0.1) is 0 Å². The molecule has 2 N–H and O–H groups in total. The van der Waals surface area contributed by atoms with E-state index in [-0.39, 0.29) is 24.1 Å². The van der Waals surface area contributed by atoms with Crippen molar-refractivity contribution in [3.05, 3.63) is 226 Å². The van der Waals surface area contributed by atoms with E-state index >= 15 is 9.13 Å². The van der Waals surface area contributed by atoms with Gasteiger partial charge in [-0.3, -0.25) is 9.59 Å². The molecule has 1 aliphatic rings. The molecule has 12 heteroatoms. The number of fused-ring (bicyclic) bond motifs is 8. The van der Waals surface area contributed by atoms with E-state index in [4.69, 9.17) is 18.9 Å². The Hall–Kier alpha value is -7.64. The third-order valence-corrected chi connectivity index (χ3v) is 22.3. The number of hydrogen-bond donors (Lipinski definition) is 2. The molecule has 0 atom stereocenters. The van der Waals surface area contributed by atoms with Crippen LogP contribution >= 0.6 is 14.3 Å². The van der Waals surface area contributed by atoms with E-state index in [1.165, 1.54) is 0 Å². The van der Waals surface area contributed by atoms with E-state index in [0.717, 1.165) is 145 Å². The summed E-state index contributed by atoms with van der Waals surface area (Å²) in [4.78, 5) is 29.5. The van der Waals surface area contributed by atoms with Crippen LogP contribution in [0, 0.1) is 0 Å². The zero-order valence-electron chi connectivity index (χ0n) is 52.0. The van der Waals surface area contributed by atoms with Crippen LogP contribution in [0.2, 0.25) is 0 Å². The number of amides is 2. The normalized spacial score (nSPS) is 12.2. The molecule has 2 amide bonds. The van der Waals surface area contributed by atoms with E-state index < -0.39 is 14.3 Å². The minimum absolute atomic E-state index is 0.228. The third-order valence-electron chi connectivity index (χ3n) is 16.3. The van der Waals surface area contributed by atoms with Crippen LogP contribution in [0.3, 0.4) is 0 Å². The van der Waals surface area contributed by atoms with Gasteiger partial charge in [0.15, 0.2) is 14.3 Å². The van der Waals surface area contributed by atoms with E-state index in [1.807, 2.05) is 146 Å². The Morgan fingerprint density at radius 3 is 0.807 bits per heavy atom. The first-order valence-electron chi connectivity index (χ1n) is 32.1. The first kappa shape index (κ1) is 64.8. The van der Waals surface area contributed by atoms with E-state index in [2.05, 4.69) is 74.7 Å². The number of carbonyl (C=O) groups excluding carboxylic acids is 2. The second-order valence-corrected chi connectivity index (χ2v) is 28.9. The SMILES string of the molecule is CCCCCOc1c2cccc1Cc1cc(NC(=O)CP(=O)(c3ccccc3)c3ccccc3)cc(c1OCCCCC)Cc1cccc(c1OCCCCC)Cc1cc(NC(=O)CP(=O)(c3ccccc3)c3ccccc3)cc(c1OCCCCC)C2. The Balaban J connectivity index is 1.22. The van der Waals surface area contributed by atoms with Crippen LogP contribution in [0.15, 0.2) is 182 Å². The quantitative estimate of drug-likeness (QED) is 0.0336. The van der Waals surface area contributed by atoms with Crippen LogP contribution in [0.4, 0.5) is 11.4 Å². The molecule has 8 bridgehead atoms. The van der Waals surface area contributed by atoms with Crippen molar-refractivity contribution in [2.24, 2.45) is 0 Å². The Morgan fingerprint density at radius 2 is 0.568 bits per heavy atom. The minimum Gasteiger partial charge on any atom is -0.493 e. The standard InChI is InChI=1S/C76H88N2O8P2/c1-5-9-25-43-83-73-57-31-29-32-58(73)48-62-52-66(78-72(80)56-88(82,69-39-21-15-22-40-69)70-41-23-16-24-42-70)54-64(76(62)86-46-28-12-8-4)50-60-34-30-33-59(74(60)84-44-26-10-6-2)49-63-53-65(51-61(47-57)75(63)85-45-27-11-7-3)77-71(79)55-87(81,67-35-17-13-18-36-67)68-37-19-14-20-38-68/h13-24,29-42,51-54H,5-12,25-28,43-50,55-56H2,1-4H3,(H,77,79)(H,78,80). The maximum atomic E-state index is 15.4. The van der Waals surface area contributed by atoms with Crippen molar-refractivity contribution in [3.63, 3.8) is 0 Å². The number of nitrogens with one attached hydrogen (secondary N) is 2. The summed E-state index contributed by atoms with van der Waals surface area (Å²) in [6.07, 6.45) is 12.8. The summed E-state index contributed by atoms with van der Waals surface area (Å²) >= 11 is 0. The molecule has 8 aromatic carbocycles. The molecule has 0 saturated heterocycles. The van der Waals surface area contributed by atoms with Gasteiger partial charge in [-0.1, -0.05) is 237 Å². The van der Waals surface area contributed by atoms with Gasteiger partial charge in [-0.05, 0) is 72.2 Å². The molecule has 460 valence electrons. The van der Waals surface area contributed by atoms with Crippen molar-refractivity contribution >= 4 is 58.7 Å². The summed E-state index contributed by atoms with van der Waals surface area (Å²) in [6.45, 7) is 10.8. The highest BCUT2D eigenvalue weighted by Gasteiger charge is 2.33. The van der Waals surface area contributed by atoms with Crippen LogP contribution in [-0.4, -0.2) is 50.6 Å². The number of ether oxygens (including phenoxy) is 4. The molecule has 0 spiro atoms. The third kappa shape index (κ3) is 16.9. The largest absolute Gasteiger partial charge is 0.493 e. The monoisotopic (exact) mass is 1220 g/mol. The first-order chi connectivity index (χ1) is 43.0. The van der Waals surface area contributed by atoms with E-state index in [0.29, 0.717) is 84.7 Å². The molecule has 0 saturated carbocycles. The topological polar surface area (TPSA) is 129 Å². The van der Waals surface area contributed by atoms with Crippen LogP contribution in [0.1, 0.15) is 149 Å². The van der Waals surface area contributed by atoms with Gasteiger partial charge in [0.2, 0.25) is 11.8 Å². The van der Waals surface area contributed by atoms with Crippen LogP contribution in [0.25, 0.3) is 0 Å². The number of rotatable bonds is 30. The molecular weight excluding hydrogens is 1130 g/mol. The molecule has 0 radical (unpaired) electrons. The average Bonchev–Trinajstić information content (AvgIpc) is 1.48. The van der Waals surface area contributed by atoms with Gasteiger partial charge in [0, 0.05) is 80.5 Å². The predicted molar refractivity (Wildman–Crippen MR) is 364 cm³/mol. The fourth-order valence-electron chi connectivity index (χ4n) is 11.8. The van der Waals surface area contributed by atoms with Gasteiger partial charge in [0.25, 0.3) is 0 Å². The van der Waals surface area contributed by atoms with Gasteiger partial charge in [0.05, 0.1) is 38.8 Å². The lowest BCUT2D eigenvalue weighted by molar-refractivity contribution is -0.114. The van der Waals surface area contributed by atoms with Crippen molar-refractivity contribution < 1.29 is 37.7 Å². The maximum absolute atomic E-state index is 15.4. The lowest BCUT2D eigenvalue weighted by Crippen LogP contribution is -2.26. The van der Waals surface area contributed by atoms with Crippen molar-refractivity contribution in [1.82, 2.24) is 0 Å². The first-order valence-corrected chi connectivity index (χ1v) is 35.9. The minimum atomic E-state index is -3.43. The lowest BCUT2D eigenvalue weighted by Gasteiger charge is -2.24. The number of anilines is 2. The summed E-state index contributed by atoms with van der Waals surface area (Å²) in [5.74, 6) is 2.31. The van der Waals surface area contributed by atoms with E-state index in [9.17, 15) is 9.59 Å². The predicted octanol–water partition coefficient (Wildman–Crippen LogP) is 16.5. The van der Waals surface area contributed by atoms with Crippen molar-refractivity contribution in [3.8, 4) is 23.0 Å². The summed E-state index contributed by atoms with van der Waals surface area (Å²) in [6, 6.07) is 58.1. The van der Waals surface area contributed by atoms with Gasteiger partial charge in [-0.25, -0.2) is 0 Å². The number of unbranched alkanes of at least 4 members (excludes halogenated alkanes) is 8. The highest BCUT2D eigenvalue weighted by Crippen LogP contribution is 2.46. The summed E-state index contributed by atoms with van der Waals surface area (Å²) < 4.78 is 58.9. The molecule has 88 heavy (non-hydrogen) atoms. The Morgan fingerprint density at radius 1 is 0.330 bits per heavy atom. The highest BCUT2D eigenvalue weighted by atomic mass is 31.2. The number of hydrogen-bond acceptors (Lipinski definition) is 8. The molecule has 1 aliphatic carbocycles. The zero-order valence-corrected chi connectivity index (χ0v) is 53.8. The number of benzene rings is 8. The zero-order chi connectivity index (χ0) is 61.6. The second kappa shape index (κ2) is 32.5. The molecule has 0 aliphatic heterocycles. The molecule has 8 aromatic rings. The second-order valence-electron chi connectivity index (χ2n) is 23.2. The summed E-state index contributed by atoms with van der Waals surface area (Å²) in [7, 11) is -6.86. The molecule has 0 heterocycles. The fourth-order valence-corrected chi connectivity index (χ4v) is 16.7. The number of para-hydroxylation sites is 2. The molecule has 9 rings (SSSR count). The molecule has 10 nitrogen and oxygen atoms in total. The lowest BCUT2D eigenvalue weighted by atomic mass is 9.90. The van der Waals surface area contributed by atoms with E-state index in [1.54, 1.807) is 0 Å². The summed E-state index contributed by atoms with van der Waals surface area (Å²) in [5, 5.41) is 9.04. The van der Waals surface area contributed by atoms with Gasteiger partial charge >= 0.3 is 0 Å². The van der Waals surface area contributed by atoms with Crippen LogP contribution in [0.5, 0.6) is 23.0 Å². The Kier molecular flexibility index (Phi) is 24.0. The van der Waals surface area contributed by atoms with Crippen molar-refractivity contribution in [1.29, 1.82) is 0 Å². The molecule has 0 aromatic heterocycles. The average molecular weight is 1220 g/mol. The van der Waals surface area contributed by atoms with Crippen molar-refractivity contribution in [2.45, 2.75) is 130 Å². The maximum Gasteiger partial charge on any atom is 0.232 e. The molecular formula is C76H88N2O8P2. The smallest absolute Gasteiger partial charge is 0.232 e. The highest BCUT2D eigenvalue weighted by molar-refractivity contribution is 7.79.